The molecule has 1 aromatic heterocycles. The fraction of sp³-hybridized carbons (Fsp3) is 0.360. The summed E-state index contributed by atoms with van der Waals surface area (Å²) in [6.07, 6.45) is 0. The lowest BCUT2D eigenvalue weighted by molar-refractivity contribution is -0.117. The number of aromatic nitrogens is 1. The average Bonchev–Trinajstić information content (AvgIpc) is 3.15. The molecule has 1 aliphatic heterocycles. The minimum atomic E-state index is -0.541. The second-order valence-corrected chi connectivity index (χ2v) is 8.44. The fourth-order valence-corrected chi connectivity index (χ4v) is 4.44. The Labute approximate surface area is 193 Å². The summed E-state index contributed by atoms with van der Waals surface area (Å²) in [6.45, 7) is 6.91. The lowest BCUT2D eigenvalue weighted by Crippen LogP contribution is -2.53. The highest BCUT2D eigenvalue weighted by atomic mass is 16.5. The number of fused-ring (bicyclic) bond motifs is 1. The maximum absolute atomic E-state index is 13.0. The van der Waals surface area contributed by atoms with Gasteiger partial charge in [0, 0.05) is 42.8 Å². The Morgan fingerprint density at radius 2 is 1.97 bits per heavy atom. The minimum Gasteiger partial charge on any atom is -0.497 e. The Morgan fingerprint density at radius 3 is 2.67 bits per heavy atom. The van der Waals surface area contributed by atoms with E-state index in [1.807, 2.05) is 6.07 Å². The predicted molar refractivity (Wildman–Crippen MR) is 129 cm³/mol. The zero-order valence-electron chi connectivity index (χ0n) is 19.5. The van der Waals surface area contributed by atoms with Crippen LogP contribution in [0.25, 0.3) is 10.9 Å². The van der Waals surface area contributed by atoms with Crippen LogP contribution in [0.4, 0.5) is 11.4 Å². The number of carbonyl (C=O) groups is 2. The third-order valence-corrected chi connectivity index (χ3v) is 6.07. The fourth-order valence-electron chi connectivity index (χ4n) is 4.44. The summed E-state index contributed by atoms with van der Waals surface area (Å²) in [5, 5.41) is 3.66. The highest BCUT2D eigenvalue weighted by Gasteiger charge is 2.26. The lowest BCUT2D eigenvalue weighted by atomic mass is 10.1. The van der Waals surface area contributed by atoms with Crippen LogP contribution in [0, 0.1) is 6.92 Å². The number of methoxy groups -OCH3 is 2. The third kappa shape index (κ3) is 4.80. The number of benzene rings is 2. The van der Waals surface area contributed by atoms with Crippen LogP contribution in [0.2, 0.25) is 0 Å². The molecule has 174 valence electrons. The van der Waals surface area contributed by atoms with Crippen molar-refractivity contribution >= 4 is 34.2 Å². The number of rotatable bonds is 6. The molecule has 2 aromatic carbocycles. The van der Waals surface area contributed by atoms with E-state index >= 15 is 0 Å². The van der Waals surface area contributed by atoms with Crippen molar-refractivity contribution in [3.8, 4) is 5.75 Å². The molecule has 0 saturated carbocycles. The van der Waals surface area contributed by atoms with E-state index in [2.05, 4.69) is 58.2 Å². The average molecular weight is 451 g/mol. The number of aromatic amines is 1. The molecule has 1 atom stereocenters. The van der Waals surface area contributed by atoms with Gasteiger partial charge in [0.05, 0.1) is 32.0 Å². The van der Waals surface area contributed by atoms with Crippen molar-refractivity contribution in [2.24, 2.45) is 0 Å². The summed E-state index contributed by atoms with van der Waals surface area (Å²) in [5.74, 6) is -0.0626. The van der Waals surface area contributed by atoms with Gasteiger partial charge < -0.3 is 24.7 Å². The number of anilines is 2. The van der Waals surface area contributed by atoms with Gasteiger partial charge in [-0.05, 0) is 43.7 Å². The molecular formula is C25H30N4O4. The van der Waals surface area contributed by atoms with Gasteiger partial charge in [0.25, 0.3) is 0 Å². The van der Waals surface area contributed by atoms with Crippen molar-refractivity contribution in [3.63, 3.8) is 0 Å². The van der Waals surface area contributed by atoms with E-state index in [1.54, 1.807) is 19.2 Å². The van der Waals surface area contributed by atoms with E-state index in [-0.39, 0.29) is 24.2 Å². The first-order chi connectivity index (χ1) is 15.9. The first-order valence-corrected chi connectivity index (χ1v) is 11.0. The van der Waals surface area contributed by atoms with Crippen molar-refractivity contribution in [1.29, 1.82) is 0 Å². The molecule has 1 amide bonds. The normalized spacial score (nSPS) is 16.6. The molecule has 8 nitrogen and oxygen atoms in total. The number of nitrogens with zero attached hydrogens (tertiary/aromatic N) is 2. The maximum atomic E-state index is 13.0. The number of carbonyl (C=O) groups excluding carboxylic acids is 2. The van der Waals surface area contributed by atoms with Crippen LogP contribution in [0.3, 0.4) is 0 Å². The van der Waals surface area contributed by atoms with Crippen molar-refractivity contribution in [3.05, 3.63) is 53.7 Å². The molecule has 33 heavy (non-hydrogen) atoms. The van der Waals surface area contributed by atoms with Gasteiger partial charge >= 0.3 is 5.97 Å². The third-order valence-electron chi connectivity index (χ3n) is 6.07. The van der Waals surface area contributed by atoms with Gasteiger partial charge in [-0.2, -0.15) is 0 Å². The number of piperazine rings is 1. The van der Waals surface area contributed by atoms with Crippen molar-refractivity contribution in [2.45, 2.75) is 19.9 Å². The van der Waals surface area contributed by atoms with Gasteiger partial charge in [0.15, 0.2) is 0 Å². The number of H-pyrrole nitrogens is 1. The largest absolute Gasteiger partial charge is 0.497 e. The Balaban J connectivity index is 1.46. The van der Waals surface area contributed by atoms with Crippen molar-refractivity contribution in [2.75, 3.05) is 50.6 Å². The van der Waals surface area contributed by atoms with Gasteiger partial charge in [-0.25, -0.2) is 4.79 Å². The zero-order chi connectivity index (χ0) is 23.5. The van der Waals surface area contributed by atoms with E-state index < -0.39 is 5.97 Å². The second-order valence-electron chi connectivity index (χ2n) is 8.44. The zero-order valence-corrected chi connectivity index (χ0v) is 19.5. The van der Waals surface area contributed by atoms with Gasteiger partial charge in [-0.3, -0.25) is 9.69 Å². The van der Waals surface area contributed by atoms with Crippen LogP contribution < -0.4 is 15.0 Å². The summed E-state index contributed by atoms with van der Waals surface area (Å²) >= 11 is 0. The van der Waals surface area contributed by atoms with Crippen LogP contribution in [-0.4, -0.2) is 68.2 Å². The first kappa shape index (κ1) is 22.7. The predicted octanol–water partition coefficient (Wildman–Crippen LogP) is 3.42. The molecule has 2 N–H and O–H groups in total. The monoisotopic (exact) mass is 450 g/mol. The molecule has 0 bridgehead atoms. The molecule has 0 radical (unpaired) electrons. The summed E-state index contributed by atoms with van der Waals surface area (Å²) in [7, 11) is 2.89. The highest BCUT2D eigenvalue weighted by Crippen LogP contribution is 2.31. The summed E-state index contributed by atoms with van der Waals surface area (Å²) in [5.41, 5.74) is 3.77. The molecule has 0 spiro atoms. The van der Waals surface area contributed by atoms with Gasteiger partial charge in [0.1, 0.15) is 11.4 Å². The molecule has 4 rings (SSSR count). The molecule has 1 aliphatic rings. The molecule has 0 unspecified atom stereocenters. The van der Waals surface area contributed by atoms with E-state index in [9.17, 15) is 9.59 Å². The summed E-state index contributed by atoms with van der Waals surface area (Å²) in [4.78, 5) is 32.8. The van der Waals surface area contributed by atoms with Gasteiger partial charge in [-0.1, -0.05) is 12.1 Å². The van der Waals surface area contributed by atoms with Crippen LogP contribution in [0.1, 0.15) is 23.0 Å². The Bertz CT molecular complexity index is 1170. The van der Waals surface area contributed by atoms with E-state index in [0.29, 0.717) is 17.0 Å². The maximum Gasteiger partial charge on any atom is 0.356 e. The number of amides is 1. The SMILES string of the molecule is COC(=O)c1[nH]c2cc(OC)ccc2c1NC(=O)CN1CCN(c2cccc(C)c2)[C@H](C)C1. The Kier molecular flexibility index (Phi) is 6.55. The summed E-state index contributed by atoms with van der Waals surface area (Å²) in [6, 6.07) is 14.2. The molecule has 8 heteroatoms. The van der Waals surface area contributed by atoms with Crippen LogP contribution in [0.5, 0.6) is 5.75 Å². The van der Waals surface area contributed by atoms with E-state index in [4.69, 9.17) is 9.47 Å². The summed E-state index contributed by atoms with van der Waals surface area (Å²) < 4.78 is 10.2. The molecule has 1 fully saturated rings. The number of hydrogen-bond acceptors (Lipinski definition) is 6. The minimum absolute atomic E-state index is 0.173. The number of aryl methyl sites for hydroxylation is 1. The van der Waals surface area contributed by atoms with E-state index in [1.165, 1.54) is 18.4 Å². The smallest absolute Gasteiger partial charge is 0.356 e. The molecular weight excluding hydrogens is 420 g/mol. The second kappa shape index (κ2) is 9.54. The van der Waals surface area contributed by atoms with Crippen LogP contribution in [0.15, 0.2) is 42.5 Å². The quantitative estimate of drug-likeness (QED) is 0.560. The standard InChI is InChI=1S/C25H30N4O4/c1-16-6-5-7-18(12-16)29-11-10-28(14-17(29)2)15-22(30)27-23-20-9-8-19(32-3)13-21(20)26-24(23)25(31)33-4/h5-9,12-13,17,26H,10-11,14-15H2,1-4H3,(H,27,30)/t17-/m1/s1. The first-order valence-electron chi connectivity index (χ1n) is 11.0. The Morgan fingerprint density at radius 1 is 1.15 bits per heavy atom. The number of esters is 1. The topological polar surface area (TPSA) is 86.9 Å². The van der Waals surface area contributed by atoms with Crippen LogP contribution in [-0.2, 0) is 9.53 Å². The van der Waals surface area contributed by atoms with Gasteiger partial charge in [0.2, 0.25) is 5.91 Å². The van der Waals surface area contributed by atoms with Crippen LogP contribution >= 0.6 is 0 Å². The lowest BCUT2D eigenvalue weighted by Gasteiger charge is -2.41. The van der Waals surface area contributed by atoms with Crippen molar-refractivity contribution in [1.82, 2.24) is 9.88 Å². The van der Waals surface area contributed by atoms with Crippen molar-refractivity contribution < 1.29 is 19.1 Å². The number of nitrogens with one attached hydrogen (secondary N) is 2. The number of hydrogen-bond donors (Lipinski definition) is 2. The molecule has 0 aliphatic carbocycles. The number of ether oxygens (including phenoxy) is 2. The van der Waals surface area contributed by atoms with Gasteiger partial charge in [-0.15, -0.1) is 0 Å². The molecule has 1 saturated heterocycles. The molecule has 2 heterocycles. The Hall–Kier alpha value is -3.52. The highest BCUT2D eigenvalue weighted by molar-refractivity contribution is 6.11. The molecule has 3 aromatic rings. The van der Waals surface area contributed by atoms with E-state index in [0.717, 1.165) is 25.0 Å².